The van der Waals surface area contributed by atoms with E-state index in [1.165, 1.54) is 0 Å². The Labute approximate surface area is 99.5 Å². The summed E-state index contributed by atoms with van der Waals surface area (Å²) in [5, 5.41) is 11.4. The Morgan fingerprint density at radius 2 is 1.82 bits per heavy atom. The van der Waals surface area contributed by atoms with Gasteiger partial charge in [-0.1, -0.05) is 37.3 Å². The highest BCUT2D eigenvalue weighted by atomic mass is 16.3. The van der Waals surface area contributed by atoms with Gasteiger partial charge < -0.3 is 9.52 Å². The first-order valence-corrected chi connectivity index (χ1v) is 5.81. The number of fused-ring (bicyclic) bond motifs is 3. The molecule has 0 saturated heterocycles. The van der Waals surface area contributed by atoms with Crippen LogP contribution in [0.4, 0.5) is 0 Å². The zero-order valence-corrected chi connectivity index (χ0v) is 9.68. The summed E-state index contributed by atoms with van der Waals surface area (Å²) in [6.45, 7) is 2.16. The van der Waals surface area contributed by atoms with Gasteiger partial charge in [-0.15, -0.1) is 0 Å². The summed E-state index contributed by atoms with van der Waals surface area (Å²) in [7, 11) is 0. The van der Waals surface area contributed by atoms with Crippen LogP contribution in [0, 0.1) is 0 Å². The van der Waals surface area contributed by atoms with Gasteiger partial charge in [-0.2, -0.15) is 0 Å². The van der Waals surface area contributed by atoms with Crippen molar-refractivity contribution in [3.63, 3.8) is 0 Å². The van der Waals surface area contributed by atoms with Gasteiger partial charge in [-0.3, -0.25) is 0 Å². The Balaban J connectivity index is 2.26. The number of aliphatic hydroxyl groups is 1. The summed E-state index contributed by atoms with van der Waals surface area (Å²) in [6.07, 6.45) is 0. The minimum Gasteiger partial charge on any atom is -0.456 e. The van der Waals surface area contributed by atoms with E-state index in [-0.39, 0.29) is 12.5 Å². The van der Waals surface area contributed by atoms with Crippen molar-refractivity contribution in [2.24, 2.45) is 0 Å². The third-order valence-electron chi connectivity index (χ3n) is 3.25. The fourth-order valence-electron chi connectivity index (χ4n) is 2.15. The molecule has 1 aromatic heterocycles. The second-order valence-electron chi connectivity index (χ2n) is 4.44. The van der Waals surface area contributed by atoms with Crippen LogP contribution < -0.4 is 0 Å². The molecule has 1 unspecified atom stereocenters. The zero-order chi connectivity index (χ0) is 11.8. The van der Waals surface area contributed by atoms with Crippen LogP contribution in [0.1, 0.15) is 18.4 Å². The molecule has 86 valence electrons. The van der Waals surface area contributed by atoms with E-state index in [0.717, 1.165) is 27.5 Å². The average Bonchev–Trinajstić information content (AvgIpc) is 2.75. The maximum Gasteiger partial charge on any atom is 0.135 e. The molecule has 0 spiro atoms. The van der Waals surface area contributed by atoms with Gasteiger partial charge in [0.2, 0.25) is 0 Å². The molecule has 1 N–H and O–H groups in total. The summed E-state index contributed by atoms with van der Waals surface area (Å²) in [5.41, 5.74) is 2.92. The van der Waals surface area contributed by atoms with Crippen LogP contribution in [0.2, 0.25) is 0 Å². The maximum absolute atomic E-state index is 9.17. The summed E-state index contributed by atoms with van der Waals surface area (Å²) in [6, 6.07) is 14.2. The van der Waals surface area contributed by atoms with Gasteiger partial charge in [0.15, 0.2) is 0 Å². The summed E-state index contributed by atoms with van der Waals surface area (Å²) in [5.74, 6) is 0.146. The highest BCUT2D eigenvalue weighted by molar-refractivity contribution is 6.04. The normalized spacial score (nSPS) is 13.3. The molecule has 0 aliphatic carbocycles. The molecule has 0 aliphatic heterocycles. The van der Waals surface area contributed by atoms with Gasteiger partial charge in [0.05, 0.1) is 0 Å². The molecule has 2 aromatic carbocycles. The van der Waals surface area contributed by atoms with Crippen LogP contribution in [0.25, 0.3) is 21.9 Å². The fraction of sp³-hybridized carbons (Fsp3) is 0.200. The van der Waals surface area contributed by atoms with E-state index in [9.17, 15) is 0 Å². The number of aliphatic hydroxyl groups excluding tert-OH is 1. The van der Waals surface area contributed by atoms with E-state index < -0.39 is 0 Å². The minimum atomic E-state index is 0.146. The first kappa shape index (κ1) is 10.4. The van der Waals surface area contributed by atoms with Crippen molar-refractivity contribution in [2.45, 2.75) is 12.8 Å². The second kappa shape index (κ2) is 3.90. The van der Waals surface area contributed by atoms with Crippen molar-refractivity contribution in [3.8, 4) is 0 Å². The van der Waals surface area contributed by atoms with E-state index in [4.69, 9.17) is 9.52 Å². The van der Waals surface area contributed by atoms with E-state index in [1.807, 2.05) is 31.2 Å². The Hall–Kier alpha value is -1.80. The van der Waals surface area contributed by atoms with Crippen molar-refractivity contribution >= 4 is 21.9 Å². The van der Waals surface area contributed by atoms with E-state index >= 15 is 0 Å². The lowest BCUT2D eigenvalue weighted by Crippen LogP contribution is -1.97. The van der Waals surface area contributed by atoms with Gasteiger partial charge in [-0.05, 0) is 17.7 Å². The van der Waals surface area contributed by atoms with Crippen LogP contribution in [0.15, 0.2) is 46.9 Å². The topological polar surface area (TPSA) is 33.4 Å². The molecule has 0 radical (unpaired) electrons. The van der Waals surface area contributed by atoms with Crippen LogP contribution >= 0.6 is 0 Å². The third-order valence-corrected chi connectivity index (χ3v) is 3.25. The first-order chi connectivity index (χ1) is 8.29. The first-order valence-electron chi connectivity index (χ1n) is 5.81. The third kappa shape index (κ3) is 1.61. The summed E-state index contributed by atoms with van der Waals surface area (Å²) < 4.78 is 5.81. The van der Waals surface area contributed by atoms with Gasteiger partial charge in [-0.25, -0.2) is 0 Å². The maximum atomic E-state index is 9.17. The monoisotopic (exact) mass is 226 g/mol. The largest absolute Gasteiger partial charge is 0.456 e. The van der Waals surface area contributed by atoms with Gasteiger partial charge in [0, 0.05) is 23.3 Å². The van der Waals surface area contributed by atoms with Gasteiger partial charge >= 0.3 is 0 Å². The van der Waals surface area contributed by atoms with Crippen molar-refractivity contribution in [2.75, 3.05) is 6.61 Å². The molecule has 0 bridgehead atoms. The summed E-state index contributed by atoms with van der Waals surface area (Å²) >= 11 is 0. The van der Waals surface area contributed by atoms with E-state index in [0.29, 0.717) is 0 Å². The highest BCUT2D eigenvalue weighted by Crippen LogP contribution is 2.30. The SMILES string of the molecule is CC(CO)c1ccc2c(c1)oc1ccccc12. The Morgan fingerprint density at radius 3 is 2.65 bits per heavy atom. The fourth-order valence-corrected chi connectivity index (χ4v) is 2.15. The lowest BCUT2D eigenvalue weighted by molar-refractivity contribution is 0.273. The molecular weight excluding hydrogens is 212 g/mol. The molecule has 3 aromatic rings. The number of furan rings is 1. The number of hydrogen-bond acceptors (Lipinski definition) is 2. The van der Waals surface area contributed by atoms with Crippen LogP contribution in [-0.2, 0) is 0 Å². The Kier molecular flexibility index (Phi) is 2.37. The lowest BCUT2D eigenvalue weighted by atomic mass is 10.0. The molecule has 1 heterocycles. The smallest absolute Gasteiger partial charge is 0.135 e. The molecule has 3 rings (SSSR count). The van der Waals surface area contributed by atoms with Crippen LogP contribution in [0.3, 0.4) is 0 Å². The molecule has 0 amide bonds. The molecule has 0 aliphatic rings. The number of hydrogen-bond donors (Lipinski definition) is 1. The van der Waals surface area contributed by atoms with Crippen molar-refractivity contribution in [3.05, 3.63) is 48.0 Å². The molecule has 17 heavy (non-hydrogen) atoms. The van der Waals surface area contributed by atoms with E-state index in [2.05, 4.69) is 18.2 Å². The predicted octanol–water partition coefficient (Wildman–Crippen LogP) is 3.68. The minimum absolute atomic E-state index is 0.146. The molecule has 0 saturated carbocycles. The predicted molar refractivity (Wildman–Crippen MR) is 69.2 cm³/mol. The van der Waals surface area contributed by atoms with Crippen molar-refractivity contribution in [1.29, 1.82) is 0 Å². The zero-order valence-electron chi connectivity index (χ0n) is 9.68. The Bertz CT molecular complexity index is 667. The highest BCUT2D eigenvalue weighted by Gasteiger charge is 2.09. The molecular formula is C15H14O2. The van der Waals surface area contributed by atoms with E-state index in [1.54, 1.807) is 0 Å². The van der Waals surface area contributed by atoms with Crippen LogP contribution in [0.5, 0.6) is 0 Å². The van der Waals surface area contributed by atoms with Crippen molar-refractivity contribution < 1.29 is 9.52 Å². The van der Waals surface area contributed by atoms with Crippen molar-refractivity contribution in [1.82, 2.24) is 0 Å². The Morgan fingerprint density at radius 1 is 1.06 bits per heavy atom. The number of benzene rings is 2. The molecule has 0 fully saturated rings. The van der Waals surface area contributed by atoms with Gasteiger partial charge in [0.25, 0.3) is 0 Å². The average molecular weight is 226 g/mol. The molecule has 2 heteroatoms. The quantitative estimate of drug-likeness (QED) is 0.723. The van der Waals surface area contributed by atoms with Crippen LogP contribution in [-0.4, -0.2) is 11.7 Å². The van der Waals surface area contributed by atoms with Gasteiger partial charge in [0.1, 0.15) is 11.2 Å². The standard InChI is InChI=1S/C15H14O2/c1-10(9-16)11-6-7-13-12-4-2-3-5-14(12)17-15(13)8-11/h2-8,10,16H,9H2,1H3. The second-order valence-corrected chi connectivity index (χ2v) is 4.44. The number of para-hydroxylation sites is 1. The number of rotatable bonds is 2. The lowest BCUT2D eigenvalue weighted by Gasteiger charge is -2.07. The summed E-state index contributed by atoms with van der Waals surface area (Å²) in [4.78, 5) is 0. The molecule has 1 atom stereocenters. The molecule has 2 nitrogen and oxygen atoms in total.